The first-order valence-electron chi connectivity index (χ1n) is 9.75. The van der Waals surface area contributed by atoms with Crippen molar-refractivity contribution >= 4 is 40.0 Å². The van der Waals surface area contributed by atoms with Gasteiger partial charge in [-0.05, 0) is 56.1 Å². The van der Waals surface area contributed by atoms with Crippen molar-refractivity contribution < 1.29 is 4.79 Å². The van der Waals surface area contributed by atoms with Crippen LogP contribution in [0.15, 0.2) is 34.3 Å². The van der Waals surface area contributed by atoms with E-state index in [1.165, 1.54) is 16.6 Å². The van der Waals surface area contributed by atoms with Gasteiger partial charge in [-0.15, -0.1) is 11.3 Å². The molecule has 1 aliphatic carbocycles. The van der Waals surface area contributed by atoms with Crippen LogP contribution in [0.1, 0.15) is 41.7 Å². The van der Waals surface area contributed by atoms with Gasteiger partial charge in [0.05, 0.1) is 5.69 Å². The summed E-state index contributed by atoms with van der Waals surface area (Å²) in [6.45, 7) is 6.06. The van der Waals surface area contributed by atoms with Gasteiger partial charge in [-0.2, -0.15) is 9.97 Å². The summed E-state index contributed by atoms with van der Waals surface area (Å²) in [4.78, 5) is 32.3. The number of carbonyl (C=O) groups excluding carboxylic acids is 1. The second kappa shape index (κ2) is 8.59. The van der Waals surface area contributed by atoms with Crippen LogP contribution in [-0.4, -0.2) is 25.7 Å². The molecule has 1 aliphatic rings. The monoisotopic (exact) mass is 425 g/mol. The van der Waals surface area contributed by atoms with Crippen LogP contribution in [-0.2, 0) is 17.6 Å². The van der Waals surface area contributed by atoms with Crippen LogP contribution in [0, 0.1) is 19.8 Å². The number of aryl methyl sites for hydroxylation is 3. The molecule has 0 unspecified atom stereocenters. The molecule has 0 spiro atoms. The van der Waals surface area contributed by atoms with Gasteiger partial charge in [0.15, 0.2) is 10.3 Å². The fourth-order valence-electron chi connectivity index (χ4n) is 2.81. The molecule has 3 aromatic rings. The van der Waals surface area contributed by atoms with Gasteiger partial charge in [-0.1, -0.05) is 19.1 Å². The van der Waals surface area contributed by atoms with Gasteiger partial charge in [0.1, 0.15) is 11.6 Å². The van der Waals surface area contributed by atoms with Crippen LogP contribution in [0.2, 0.25) is 0 Å². The number of ketones is 1. The zero-order valence-electron chi connectivity index (χ0n) is 16.7. The maximum absolute atomic E-state index is 12.0. The fourth-order valence-corrected chi connectivity index (χ4v) is 4.39. The molecule has 2 heterocycles. The Kier molecular flexibility index (Phi) is 5.91. The fraction of sp³-hybridized carbons (Fsp3) is 0.381. The molecule has 1 saturated carbocycles. The van der Waals surface area contributed by atoms with E-state index in [-0.39, 0.29) is 0 Å². The first-order chi connectivity index (χ1) is 14.0. The minimum atomic E-state index is 0.304. The topological polar surface area (TPSA) is 80.7 Å². The van der Waals surface area contributed by atoms with E-state index in [2.05, 4.69) is 25.3 Å². The highest BCUT2D eigenvalue weighted by Gasteiger charge is 2.29. The van der Waals surface area contributed by atoms with Gasteiger partial charge < -0.3 is 0 Å². The van der Waals surface area contributed by atoms with Crippen molar-refractivity contribution in [3.05, 3.63) is 46.2 Å². The van der Waals surface area contributed by atoms with E-state index in [1.807, 2.05) is 45.0 Å². The molecule has 29 heavy (non-hydrogen) atoms. The summed E-state index contributed by atoms with van der Waals surface area (Å²) in [6, 6.07) is 8.09. The number of carbonyl (C=O) groups is 1. The Labute approximate surface area is 178 Å². The van der Waals surface area contributed by atoms with Gasteiger partial charge in [-0.25, -0.2) is 9.97 Å². The summed E-state index contributed by atoms with van der Waals surface area (Å²) in [5.74, 6) is 1.92. The molecule has 8 heteroatoms. The summed E-state index contributed by atoms with van der Waals surface area (Å²) in [5.41, 5.74) is 2.07. The minimum absolute atomic E-state index is 0.304. The van der Waals surface area contributed by atoms with Gasteiger partial charge in [0.25, 0.3) is 0 Å². The molecule has 4 rings (SSSR count). The average Bonchev–Trinajstić information content (AvgIpc) is 3.50. The number of nitrogens with one attached hydrogen (secondary N) is 1. The Morgan fingerprint density at radius 1 is 1.14 bits per heavy atom. The number of hydrogen-bond donors (Lipinski definition) is 1. The molecule has 2 aromatic heterocycles. The predicted molar refractivity (Wildman–Crippen MR) is 116 cm³/mol. The number of rotatable bonds is 8. The highest BCUT2D eigenvalue weighted by molar-refractivity contribution is 7.99. The number of nitrogens with zero attached hydrogens (tertiary/aromatic N) is 4. The standard InChI is InChI=1S/C21H23N5OS2/c1-4-18-23-19(25-20-22-12(2)13(3)28-20)26-21(24-18)29-16-9-5-14(6-10-16)11-17(27)15-7-8-15/h5-6,9-10,15H,4,7-8,11H2,1-3H3,(H,22,23,24,25,26). The summed E-state index contributed by atoms with van der Waals surface area (Å²) in [6.07, 6.45) is 3.37. The lowest BCUT2D eigenvalue weighted by atomic mass is 10.1. The Balaban J connectivity index is 1.47. The number of Topliss-reactive ketones (excluding diaryl/α,β-unsaturated/α-hetero) is 1. The van der Waals surface area contributed by atoms with Crippen LogP contribution in [0.25, 0.3) is 0 Å². The van der Waals surface area contributed by atoms with E-state index < -0.39 is 0 Å². The van der Waals surface area contributed by atoms with Gasteiger partial charge in [-0.3, -0.25) is 10.1 Å². The maximum Gasteiger partial charge on any atom is 0.233 e. The average molecular weight is 426 g/mol. The maximum atomic E-state index is 12.0. The van der Waals surface area contributed by atoms with Crippen molar-refractivity contribution in [2.45, 2.75) is 56.5 Å². The molecular weight excluding hydrogens is 402 g/mol. The molecule has 6 nitrogen and oxygen atoms in total. The molecule has 0 saturated heterocycles. The number of aromatic nitrogens is 4. The lowest BCUT2D eigenvalue weighted by molar-refractivity contribution is -0.119. The molecule has 0 amide bonds. The minimum Gasteiger partial charge on any atom is -0.300 e. The second-order valence-corrected chi connectivity index (χ2v) is 9.40. The van der Waals surface area contributed by atoms with E-state index >= 15 is 0 Å². The second-order valence-electron chi connectivity index (χ2n) is 7.16. The van der Waals surface area contributed by atoms with Crippen molar-refractivity contribution in [3.63, 3.8) is 0 Å². The summed E-state index contributed by atoms with van der Waals surface area (Å²) in [5, 5.41) is 4.64. The van der Waals surface area contributed by atoms with Gasteiger partial charge in [0.2, 0.25) is 5.95 Å². The Morgan fingerprint density at radius 3 is 2.52 bits per heavy atom. The zero-order valence-corrected chi connectivity index (χ0v) is 18.4. The first-order valence-corrected chi connectivity index (χ1v) is 11.4. The quantitative estimate of drug-likeness (QED) is 0.548. The molecular formula is C21H23N5OS2. The highest BCUT2D eigenvalue weighted by atomic mass is 32.2. The van der Waals surface area contributed by atoms with Crippen LogP contribution in [0.4, 0.5) is 11.1 Å². The van der Waals surface area contributed by atoms with Crippen molar-refractivity contribution in [2.24, 2.45) is 5.92 Å². The molecule has 1 fully saturated rings. The third-order valence-corrected chi connectivity index (χ3v) is 6.63. The molecule has 150 valence electrons. The molecule has 0 atom stereocenters. The normalized spacial score (nSPS) is 13.5. The number of anilines is 2. The van der Waals surface area contributed by atoms with E-state index in [0.29, 0.717) is 29.2 Å². The zero-order chi connectivity index (χ0) is 20.4. The Hall–Kier alpha value is -2.32. The van der Waals surface area contributed by atoms with Crippen molar-refractivity contribution in [1.82, 2.24) is 19.9 Å². The first kappa shape index (κ1) is 20.0. The van der Waals surface area contributed by atoms with E-state index in [1.54, 1.807) is 11.3 Å². The van der Waals surface area contributed by atoms with E-state index in [0.717, 1.165) is 46.4 Å². The largest absolute Gasteiger partial charge is 0.300 e. The summed E-state index contributed by atoms with van der Waals surface area (Å²) < 4.78 is 0. The van der Waals surface area contributed by atoms with Crippen molar-refractivity contribution in [3.8, 4) is 0 Å². The highest BCUT2D eigenvalue weighted by Crippen LogP contribution is 2.32. The van der Waals surface area contributed by atoms with Crippen LogP contribution < -0.4 is 5.32 Å². The third kappa shape index (κ3) is 5.19. The lowest BCUT2D eigenvalue weighted by Crippen LogP contribution is -2.05. The molecule has 0 aliphatic heterocycles. The van der Waals surface area contributed by atoms with E-state index in [4.69, 9.17) is 0 Å². The van der Waals surface area contributed by atoms with Crippen molar-refractivity contribution in [1.29, 1.82) is 0 Å². The summed E-state index contributed by atoms with van der Waals surface area (Å²) >= 11 is 3.08. The van der Waals surface area contributed by atoms with Gasteiger partial charge >= 0.3 is 0 Å². The lowest BCUT2D eigenvalue weighted by Gasteiger charge is -2.07. The van der Waals surface area contributed by atoms with Gasteiger partial charge in [0, 0.05) is 28.5 Å². The van der Waals surface area contributed by atoms with Crippen molar-refractivity contribution in [2.75, 3.05) is 5.32 Å². The number of benzene rings is 1. The molecule has 1 aromatic carbocycles. The smallest absolute Gasteiger partial charge is 0.233 e. The van der Waals surface area contributed by atoms with Crippen LogP contribution in [0.3, 0.4) is 0 Å². The Bertz CT molecular complexity index is 1010. The molecule has 0 bridgehead atoms. The van der Waals surface area contributed by atoms with Crippen LogP contribution in [0.5, 0.6) is 0 Å². The SMILES string of the molecule is CCc1nc(Nc2nc(C)c(C)s2)nc(Sc2ccc(CC(=O)C3CC3)cc2)n1. The number of hydrogen-bond acceptors (Lipinski definition) is 8. The van der Waals surface area contributed by atoms with Crippen LogP contribution >= 0.6 is 23.1 Å². The predicted octanol–water partition coefficient (Wildman–Crippen LogP) is 4.92. The summed E-state index contributed by atoms with van der Waals surface area (Å²) in [7, 11) is 0. The number of thiazole rings is 1. The third-order valence-electron chi connectivity index (χ3n) is 4.77. The molecule has 1 N–H and O–H groups in total. The molecule has 0 radical (unpaired) electrons. The van der Waals surface area contributed by atoms with E-state index in [9.17, 15) is 4.79 Å². The Morgan fingerprint density at radius 2 is 1.90 bits per heavy atom.